The number of methoxy groups -OCH3 is 1. The second-order valence-corrected chi connectivity index (χ2v) is 6.80. The molecule has 0 radical (unpaired) electrons. The van der Waals surface area contributed by atoms with Crippen LogP contribution in [-0.2, 0) is 4.79 Å². The highest BCUT2D eigenvalue weighted by Crippen LogP contribution is 2.24. The van der Waals surface area contributed by atoms with Crippen molar-refractivity contribution in [3.8, 4) is 17.2 Å². The molecule has 2 aromatic carbocycles. The topological polar surface area (TPSA) is 78.3 Å². The number of aromatic nitrogens is 3. The lowest BCUT2D eigenvalue weighted by Crippen LogP contribution is -2.14. The lowest BCUT2D eigenvalue weighted by Gasteiger charge is -2.10. The summed E-state index contributed by atoms with van der Waals surface area (Å²) in [6.07, 6.45) is 0. The molecule has 1 heterocycles. The molecule has 0 aliphatic heterocycles. The molecule has 0 fully saturated rings. The Bertz CT molecular complexity index is 941. The van der Waals surface area contributed by atoms with Gasteiger partial charge in [0, 0.05) is 17.4 Å². The number of amides is 1. The van der Waals surface area contributed by atoms with Gasteiger partial charge in [-0.15, -0.1) is 10.2 Å². The van der Waals surface area contributed by atoms with Crippen molar-refractivity contribution in [1.29, 1.82) is 0 Å². The number of hydrogen-bond acceptors (Lipinski definition) is 6. The van der Waals surface area contributed by atoms with Crippen LogP contribution >= 0.6 is 11.8 Å². The Labute approximate surface area is 168 Å². The lowest BCUT2D eigenvalue weighted by atomic mass is 10.3. The number of carbonyl (C=O) groups is 1. The molecule has 8 heteroatoms. The van der Waals surface area contributed by atoms with Crippen LogP contribution in [0.2, 0.25) is 0 Å². The Hall–Kier alpha value is -3.00. The minimum atomic E-state index is -0.128. The normalized spacial score (nSPS) is 10.5. The van der Waals surface area contributed by atoms with Gasteiger partial charge < -0.3 is 14.8 Å². The Morgan fingerprint density at radius 3 is 2.64 bits per heavy atom. The molecule has 0 bridgehead atoms. The van der Waals surface area contributed by atoms with E-state index in [1.807, 2.05) is 60.9 Å². The molecular formula is C20H22N4O3S. The highest BCUT2D eigenvalue weighted by molar-refractivity contribution is 7.99. The van der Waals surface area contributed by atoms with Crippen LogP contribution in [0.4, 0.5) is 5.69 Å². The van der Waals surface area contributed by atoms with Crippen molar-refractivity contribution in [1.82, 2.24) is 14.8 Å². The number of carbonyl (C=O) groups excluding carboxylic acids is 1. The summed E-state index contributed by atoms with van der Waals surface area (Å²) >= 11 is 1.33. The fraction of sp³-hybridized carbons (Fsp3) is 0.250. The second-order valence-electron chi connectivity index (χ2n) is 5.86. The predicted molar refractivity (Wildman–Crippen MR) is 110 cm³/mol. The SMILES string of the molecule is CCOc1ccc(-n2c(C)nnc2SCC(=O)Nc2cccc(OC)c2)cc1. The van der Waals surface area contributed by atoms with Crippen LogP contribution in [0.5, 0.6) is 11.5 Å². The van der Waals surface area contributed by atoms with Crippen molar-refractivity contribution in [3.63, 3.8) is 0 Å². The fourth-order valence-corrected chi connectivity index (χ4v) is 3.42. The second kappa shape index (κ2) is 9.27. The summed E-state index contributed by atoms with van der Waals surface area (Å²) < 4.78 is 12.6. The van der Waals surface area contributed by atoms with E-state index >= 15 is 0 Å². The quantitative estimate of drug-likeness (QED) is 0.583. The van der Waals surface area contributed by atoms with E-state index in [-0.39, 0.29) is 11.7 Å². The average Bonchev–Trinajstić information content (AvgIpc) is 3.08. The number of ether oxygens (including phenoxy) is 2. The monoisotopic (exact) mass is 398 g/mol. The summed E-state index contributed by atoms with van der Waals surface area (Å²) in [7, 11) is 1.59. The molecule has 0 saturated heterocycles. The third-order valence-corrected chi connectivity index (χ3v) is 4.82. The van der Waals surface area contributed by atoms with Gasteiger partial charge in [-0.1, -0.05) is 17.8 Å². The zero-order valence-corrected chi connectivity index (χ0v) is 16.8. The van der Waals surface area contributed by atoms with Crippen molar-refractivity contribution >= 4 is 23.4 Å². The van der Waals surface area contributed by atoms with Gasteiger partial charge in [0.15, 0.2) is 5.16 Å². The standard InChI is InChI=1S/C20H22N4O3S/c1-4-27-17-10-8-16(9-11-17)24-14(2)22-23-20(24)28-13-19(25)21-15-6-5-7-18(12-15)26-3/h5-12H,4,13H2,1-3H3,(H,21,25). The number of aryl methyl sites for hydroxylation is 1. The molecule has 0 atom stereocenters. The van der Waals surface area contributed by atoms with E-state index in [2.05, 4.69) is 15.5 Å². The Balaban J connectivity index is 1.67. The molecule has 7 nitrogen and oxygen atoms in total. The van der Waals surface area contributed by atoms with Crippen LogP contribution < -0.4 is 14.8 Å². The smallest absolute Gasteiger partial charge is 0.234 e. The van der Waals surface area contributed by atoms with Gasteiger partial charge in [-0.05, 0) is 50.2 Å². The number of nitrogens with one attached hydrogen (secondary N) is 1. The van der Waals surface area contributed by atoms with Crippen LogP contribution in [-0.4, -0.2) is 40.1 Å². The maximum atomic E-state index is 12.3. The van der Waals surface area contributed by atoms with Crippen molar-refractivity contribution in [2.45, 2.75) is 19.0 Å². The summed E-state index contributed by atoms with van der Waals surface area (Å²) in [6, 6.07) is 14.9. The summed E-state index contributed by atoms with van der Waals surface area (Å²) in [5.74, 6) is 2.34. The average molecular weight is 398 g/mol. The number of nitrogens with zero attached hydrogens (tertiary/aromatic N) is 3. The zero-order valence-electron chi connectivity index (χ0n) is 16.0. The minimum Gasteiger partial charge on any atom is -0.497 e. The molecular weight excluding hydrogens is 376 g/mol. The van der Waals surface area contributed by atoms with Crippen LogP contribution in [0.15, 0.2) is 53.7 Å². The molecule has 146 valence electrons. The molecule has 1 amide bonds. The molecule has 1 N–H and O–H groups in total. The van der Waals surface area contributed by atoms with Gasteiger partial charge in [0.2, 0.25) is 5.91 Å². The largest absolute Gasteiger partial charge is 0.497 e. The lowest BCUT2D eigenvalue weighted by molar-refractivity contribution is -0.113. The molecule has 3 rings (SSSR count). The number of anilines is 1. The molecule has 1 aromatic heterocycles. The van der Waals surface area contributed by atoms with Gasteiger partial charge in [0.05, 0.1) is 19.5 Å². The van der Waals surface area contributed by atoms with Gasteiger partial charge in [-0.25, -0.2) is 0 Å². The highest BCUT2D eigenvalue weighted by atomic mass is 32.2. The molecule has 0 spiro atoms. The van der Waals surface area contributed by atoms with E-state index in [1.165, 1.54) is 11.8 Å². The maximum absolute atomic E-state index is 12.3. The van der Waals surface area contributed by atoms with Gasteiger partial charge in [0.1, 0.15) is 17.3 Å². The van der Waals surface area contributed by atoms with E-state index < -0.39 is 0 Å². The fourth-order valence-electron chi connectivity index (χ4n) is 2.62. The van der Waals surface area contributed by atoms with Gasteiger partial charge in [-0.3, -0.25) is 9.36 Å². The molecule has 0 aliphatic carbocycles. The number of benzene rings is 2. The van der Waals surface area contributed by atoms with E-state index in [4.69, 9.17) is 9.47 Å². The first-order valence-corrected chi connectivity index (χ1v) is 9.81. The number of hydrogen-bond donors (Lipinski definition) is 1. The minimum absolute atomic E-state index is 0.128. The number of thioether (sulfide) groups is 1. The summed E-state index contributed by atoms with van der Waals surface area (Å²) in [5, 5.41) is 11.9. The first kappa shape index (κ1) is 19.8. The molecule has 0 saturated carbocycles. The molecule has 28 heavy (non-hydrogen) atoms. The Morgan fingerprint density at radius 1 is 1.14 bits per heavy atom. The predicted octanol–water partition coefficient (Wildman–Crippen LogP) is 3.71. The van der Waals surface area contributed by atoms with Crippen LogP contribution in [0.1, 0.15) is 12.7 Å². The van der Waals surface area contributed by atoms with Crippen LogP contribution in [0.3, 0.4) is 0 Å². The zero-order chi connectivity index (χ0) is 19.9. The van der Waals surface area contributed by atoms with Gasteiger partial charge in [-0.2, -0.15) is 0 Å². The maximum Gasteiger partial charge on any atom is 0.234 e. The molecule has 0 aliphatic rings. The van der Waals surface area contributed by atoms with Gasteiger partial charge >= 0.3 is 0 Å². The van der Waals surface area contributed by atoms with Crippen molar-refractivity contribution < 1.29 is 14.3 Å². The van der Waals surface area contributed by atoms with E-state index in [0.717, 1.165) is 17.3 Å². The third-order valence-electron chi connectivity index (χ3n) is 3.89. The third kappa shape index (κ3) is 4.83. The summed E-state index contributed by atoms with van der Waals surface area (Å²) in [4.78, 5) is 12.3. The molecule has 0 unspecified atom stereocenters. The number of rotatable bonds is 8. The van der Waals surface area contributed by atoms with Crippen LogP contribution in [0.25, 0.3) is 5.69 Å². The first-order chi connectivity index (χ1) is 13.6. The van der Waals surface area contributed by atoms with Crippen molar-refractivity contribution in [2.75, 3.05) is 24.8 Å². The molecule has 3 aromatic rings. The highest BCUT2D eigenvalue weighted by Gasteiger charge is 2.14. The van der Waals surface area contributed by atoms with Crippen molar-refractivity contribution in [3.05, 3.63) is 54.4 Å². The van der Waals surface area contributed by atoms with Gasteiger partial charge in [0.25, 0.3) is 0 Å². The van der Waals surface area contributed by atoms with Crippen LogP contribution in [0, 0.1) is 6.92 Å². The van der Waals surface area contributed by atoms with E-state index in [1.54, 1.807) is 13.2 Å². The van der Waals surface area contributed by atoms with E-state index in [9.17, 15) is 4.79 Å². The Morgan fingerprint density at radius 2 is 1.93 bits per heavy atom. The van der Waals surface area contributed by atoms with E-state index in [0.29, 0.717) is 23.2 Å². The van der Waals surface area contributed by atoms with Crippen molar-refractivity contribution in [2.24, 2.45) is 0 Å². The Kier molecular flexibility index (Phi) is 6.54. The summed E-state index contributed by atoms with van der Waals surface area (Å²) in [6.45, 7) is 4.45. The summed E-state index contributed by atoms with van der Waals surface area (Å²) in [5.41, 5.74) is 1.61. The first-order valence-electron chi connectivity index (χ1n) is 8.82.